The largest absolute Gasteiger partial charge is 0.373 e. The van der Waals surface area contributed by atoms with Gasteiger partial charge in [-0.05, 0) is 39.2 Å². The number of ether oxygens (including phenoxy) is 1. The summed E-state index contributed by atoms with van der Waals surface area (Å²) in [4.78, 5) is 4.58. The van der Waals surface area contributed by atoms with Crippen LogP contribution in [-0.4, -0.2) is 37.3 Å². The summed E-state index contributed by atoms with van der Waals surface area (Å²) < 4.78 is 11.6. The first-order valence-corrected chi connectivity index (χ1v) is 9.63. The standard InChI is InChI=1S/C21H22N2O2S/c1-23(2)12-7-13-24-14-17-20-15-8-3-5-10-18(15)26-19-11-6-4-9-16(19)21(20)22-25-17/h3-6,8-11H,7,12-14H2,1-2H3. The first-order chi connectivity index (χ1) is 12.7. The third-order valence-electron chi connectivity index (χ3n) is 4.41. The average molecular weight is 366 g/mol. The molecule has 0 saturated heterocycles. The van der Waals surface area contributed by atoms with Crippen LogP contribution in [-0.2, 0) is 11.3 Å². The Hall–Kier alpha value is -2.08. The lowest BCUT2D eigenvalue weighted by atomic mass is 9.99. The van der Waals surface area contributed by atoms with Gasteiger partial charge in [0.15, 0.2) is 5.76 Å². The Kier molecular flexibility index (Phi) is 5.11. The van der Waals surface area contributed by atoms with Crippen LogP contribution in [0.25, 0.3) is 22.4 Å². The van der Waals surface area contributed by atoms with Gasteiger partial charge in [-0.1, -0.05) is 53.3 Å². The minimum absolute atomic E-state index is 0.441. The molecule has 0 fully saturated rings. The summed E-state index contributed by atoms with van der Waals surface area (Å²) in [6.07, 6.45) is 0.999. The molecule has 134 valence electrons. The normalized spacial score (nSPS) is 12.4. The van der Waals surface area contributed by atoms with Crippen LogP contribution in [0.5, 0.6) is 0 Å². The molecule has 4 nitrogen and oxygen atoms in total. The van der Waals surface area contributed by atoms with Gasteiger partial charge in [-0.3, -0.25) is 0 Å². The predicted octanol–water partition coefficient (Wildman–Crippen LogP) is 4.94. The van der Waals surface area contributed by atoms with Crippen LogP contribution in [0.1, 0.15) is 12.2 Å². The maximum atomic E-state index is 5.87. The van der Waals surface area contributed by atoms with E-state index in [2.05, 4.69) is 66.6 Å². The number of benzene rings is 2. The lowest BCUT2D eigenvalue weighted by Crippen LogP contribution is -2.14. The number of fused-ring (bicyclic) bond motifs is 5. The fraction of sp³-hybridized carbons (Fsp3) is 0.286. The summed E-state index contributed by atoms with van der Waals surface area (Å²) in [5.74, 6) is 0.801. The zero-order valence-corrected chi connectivity index (χ0v) is 15.9. The molecule has 5 heteroatoms. The molecule has 2 aromatic carbocycles. The molecule has 0 spiro atoms. The van der Waals surface area contributed by atoms with Gasteiger partial charge in [-0.25, -0.2) is 0 Å². The molecule has 0 unspecified atom stereocenters. The summed E-state index contributed by atoms with van der Waals surface area (Å²) in [6, 6.07) is 16.8. The van der Waals surface area contributed by atoms with Gasteiger partial charge in [0, 0.05) is 27.5 Å². The molecule has 0 bridgehead atoms. The zero-order valence-electron chi connectivity index (χ0n) is 15.1. The molecular formula is C21H22N2O2S. The summed E-state index contributed by atoms with van der Waals surface area (Å²) >= 11 is 1.78. The van der Waals surface area contributed by atoms with Crippen LogP contribution >= 0.6 is 11.8 Å². The smallest absolute Gasteiger partial charge is 0.170 e. The molecule has 0 aliphatic carbocycles. The second-order valence-corrected chi connectivity index (χ2v) is 7.72. The highest BCUT2D eigenvalue weighted by Crippen LogP contribution is 2.48. The van der Waals surface area contributed by atoms with Gasteiger partial charge < -0.3 is 14.2 Å². The van der Waals surface area contributed by atoms with Crippen LogP contribution in [0, 0.1) is 0 Å². The Bertz CT molecular complexity index is 905. The van der Waals surface area contributed by atoms with E-state index in [1.54, 1.807) is 11.8 Å². The number of hydrogen-bond acceptors (Lipinski definition) is 5. The summed E-state index contributed by atoms with van der Waals surface area (Å²) in [7, 11) is 4.14. The van der Waals surface area contributed by atoms with Crippen molar-refractivity contribution in [2.75, 3.05) is 27.2 Å². The van der Waals surface area contributed by atoms with Crippen LogP contribution in [0.2, 0.25) is 0 Å². The molecule has 0 atom stereocenters. The number of hydrogen-bond donors (Lipinski definition) is 0. The van der Waals surface area contributed by atoms with E-state index in [1.165, 1.54) is 9.79 Å². The summed E-state index contributed by atoms with van der Waals surface area (Å²) in [5.41, 5.74) is 4.25. The van der Waals surface area contributed by atoms with E-state index in [9.17, 15) is 0 Å². The Morgan fingerprint density at radius 1 is 1.00 bits per heavy atom. The van der Waals surface area contributed by atoms with Crippen LogP contribution < -0.4 is 0 Å². The van der Waals surface area contributed by atoms with Gasteiger partial charge in [0.2, 0.25) is 0 Å². The highest BCUT2D eigenvalue weighted by Gasteiger charge is 2.26. The van der Waals surface area contributed by atoms with Crippen molar-refractivity contribution in [2.24, 2.45) is 0 Å². The third kappa shape index (κ3) is 3.43. The van der Waals surface area contributed by atoms with E-state index < -0.39 is 0 Å². The first kappa shape index (κ1) is 17.3. The number of rotatable bonds is 6. The molecule has 0 amide bonds. The van der Waals surface area contributed by atoms with Crippen LogP contribution in [0.15, 0.2) is 62.8 Å². The monoisotopic (exact) mass is 366 g/mol. The van der Waals surface area contributed by atoms with E-state index in [0.29, 0.717) is 13.2 Å². The van der Waals surface area contributed by atoms with E-state index in [4.69, 9.17) is 9.26 Å². The molecule has 1 aromatic heterocycles. The third-order valence-corrected chi connectivity index (χ3v) is 5.56. The second kappa shape index (κ2) is 7.66. The minimum atomic E-state index is 0.441. The Morgan fingerprint density at radius 2 is 1.69 bits per heavy atom. The molecule has 4 rings (SSSR count). The minimum Gasteiger partial charge on any atom is -0.373 e. The lowest BCUT2D eigenvalue weighted by molar-refractivity contribution is 0.0953. The second-order valence-electron chi connectivity index (χ2n) is 6.63. The molecule has 1 aliphatic heterocycles. The molecule has 2 heterocycles. The predicted molar refractivity (Wildman–Crippen MR) is 104 cm³/mol. The molecule has 1 aliphatic rings. The highest BCUT2D eigenvalue weighted by molar-refractivity contribution is 7.99. The Labute approximate surface area is 158 Å². The fourth-order valence-electron chi connectivity index (χ4n) is 3.16. The highest BCUT2D eigenvalue weighted by atomic mass is 32.2. The number of aromatic nitrogens is 1. The van der Waals surface area contributed by atoms with Gasteiger partial charge in [-0.15, -0.1) is 0 Å². The van der Waals surface area contributed by atoms with Gasteiger partial charge in [0.25, 0.3) is 0 Å². The van der Waals surface area contributed by atoms with Gasteiger partial charge >= 0.3 is 0 Å². The molecule has 0 N–H and O–H groups in total. The van der Waals surface area contributed by atoms with Crippen molar-refractivity contribution in [3.8, 4) is 22.4 Å². The topological polar surface area (TPSA) is 38.5 Å². The lowest BCUT2D eigenvalue weighted by Gasteiger charge is -2.09. The van der Waals surface area contributed by atoms with E-state index >= 15 is 0 Å². The Morgan fingerprint density at radius 3 is 2.46 bits per heavy atom. The summed E-state index contributed by atoms with van der Waals surface area (Å²) in [6.45, 7) is 2.17. The maximum absolute atomic E-state index is 5.87. The van der Waals surface area contributed by atoms with E-state index in [-0.39, 0.29) is 0 Å². The summed E-state index contributed by atoms with van der Waals surface area (Å²) in [5, 5.41) is 4.41. The van der Waals surface area contributed by atoms with Crippen molar-refractivity contribution in [1.29, 1.82) is 0 Å². The van der Waals surface area contributed by atoms with Crippen molar-refractivity contribution in [2.45, 2.75) is 22.8 Å². The van der Waals surface area contributed by atoms with Gasteiger partial charge in [0.1, 0.15) is 12.3 Å². The molecule has 3 aromatic rings. The first-order valence-electron chi connectivity index (χ1n) is 8.81. The van der Waals surface area contributed by atoms with Gasteiger partial charge in [0.05, 0.1) is 5.56 Å². The van der Waals surface area contributed by atoms with Crippen molar-refractivity contribution < 1.29 is 9.26 Å². The van der Waals surface area contributed by atoms with Crippen molar-refractivity contribution in [3.05, 3.63) is 54.3 Å². The zero-order chi connectivity index (χ0) is 17.9. The van der Waals surface area contributed by atoms with E-state index in [0.717, 1.165) is 41.1 Å². The van der Waals surface area contributed by atoms with Crippen molar-refractivity contribution in [3.63, 3.8) is 0 Å². The van der Waals surface area contributed by atoms with Gasteiger partial charge in [-0.2, -0.15) is 0 Å². The van der Waals surface area contributed by atoms with Crippen LogP contribution in [0.3, 0.4) is 0 Å². The molecule has 26 heavy (non-hydrogen) atoms. The molecular weight excluding hydrogens is 344 g/mol. The average Bonchev–Trinajstić information content (AvgIpc) is 2.99. The maximum Gasteiger partial charge on any atom is 0.170 e. The molecule has 0 saturated carbocycles. The quantitative estimate of drug-likeness (QED) is 0.452. The van der Waals surface area contributed by atoms with Crippen LogP contribution in [0.4, 0.5) is 0 Å². The van der Waals surface area contributed by atoms with E-state index in [1.807, 2.05) is 6.07 Å². The number of nitrogens with zero attached hydrogens (tertiary/aromatic N) is 2. The fourth-order valence-corrected chi connectivity index (χ4v) is 4.25. The van der Waals surface area contributed by atoms with Crippen molar-refractivity contribution in [1.82, 2.24) is 10.1 Å². The van der Waals surface area contributed by atoms with Crippen molar-refractivity contribution >= 4 is 11.8 Å². The Balaban J connectivity index is 1.67. The SMILES string of the molecule is CN(C)CCCOCc1onc2c1-c1ccccc1Sc1ccccc1-2. The molecule has 0 radical (unpaired) electrons.